The van der Waals surface area contributed by atoms with Gasteiger partial charge >= 0.3 is 0 Å². The SMILES string of the molecule is CC(=NNC(=S)NCCc1ccccc1)c1ccc(S(=O)(=O)NCc2ccco2)cc1. The number of hydrogen-bond donors (Lipinski definition) is 3. The van der Waals surface area contributed by atoms with Crippen molar-refractivity contribution in [2.45, 2.75) is 24.8 Å². The third kappa shape index (κ3) is 7.02. The fraction of sp³-hybridized carbons (Fsp3) is 0.182. The first kappa shape index (κ1) is 22.7. The Kier molecular flexibility index (Phi) is 7.94. The van der Waals surface area contributed by atoms with E-state index in [0.29, 0.717) is 23.1 Å². The molecule has 9 heteroatoms. The molecule has 0 spiro atoms. The van der Waals surface area contributed by atoms with E-state index in [0.717, 1.165) is 12.0 Å². The van der Waals surface area contributed by atoms with Crippen LogP contribution in [0, 0.1) is 0 Å². The van der Waals surface area contributed by atoms with Crippen molar-refractivity contribution in [2.75, 3.05) is 6.54 Å². The lowest BCUT2D eigenvalue weighted by Crippen LogP contribution is -2.33. The van der Waals surface area contributed by atoms with Crippen LogP contribution in [0.25, 0.3) is 0 Å². The molecule has 0 aliphatic carbocycles. The molecule has 0 bridgehead atoms. The summed E-state index contributed by atoms with van der Waals surface area (Å²) in [5, 5.41) is 7.81. The number of rotatable bonds is 9. The van der Waals surface area contributed by atoms with E-state index in [4.69, 9.17) is 16.6 Å². The Hall–Kier alpha value is -3.01. The summed E-state index contributed by atoms with van der Waals surface area (Å²) < 4.78 is 32.5. The maximum Gasteiger partial charge on any atom is 0.240 e. The van der Waals surface area contributed by atoms with Crippen molar-refractivity contribution in [2.24, 2.45) is 5.10 Å². The molecule has 0 radical (unpaired) electrons. The van der Waals surface area contributed by atoms with E-state index in [9.17, 15) is 8.42 Å². The number of benzene rings is 2. The van der Waals surface area contributed by atoms with Gasteiger partial charge in [0.1, 0.15) is 5.76 Å². The van der Waals surface area contributed by atoms with Crippen LogP contribution in [0.3, 0.4) is 0 Å². The molecule has 0 aliphatic heterocycles. The highest BCUT2D eigenvalue weighted by Gasteiger charge is 2.14. The largest absolute Gasteiger partial charge is 0.468 e. The van der Waals surface area contributed by atoms with Crippen LogP contribution in [0.4, 0.5) is 0 Å². The topological polar surface area (TPSA) is 95.7 Å². The Morgan fingerprint density at radius 3 is 2.45 bits per heavy atom. The first-order chi connectivity index (χ1) is 14.9. The molecule has 3 N–H and O–H groups in total. The minimum absolute atomic E-state index is 0.0935. The summed E-state index contributed by atoms with van der Waals surface area (Å²) >= 11 is 5.25. The second-order valence-corrected chi connectivity index (χ2v) is 8.90. The molecular formula is C22H24N4O3S2. The van der Waals surface area contributed by atoms with E-state index in [2.05, 4.69) is 32.7 Å². The summed E-state index contributed by atoms with van der Waals surface area (Å²) in [6.45, 7) is 2.61. The number of nitrogens with one attached hydrogen (secondary N) is 3. The molecule has 1 aromatic heterocycles. The van der Waals surface area contributed by atoms with Gasteiger partial charge in [0, 0.05) is 6.54 Å². The third-order valence-corrected chi connectivity index (χ3v) is 6.12. The van der Waals surface area contributed by atoms with Gasteiger partial charge in [-0.2, -0.15) is 5.10 Å². The molecule has 0 saturated carbocycles. The van der Waals surface area contributed by atoms with E-state index in [1.807, 2.05) is 25.1 Å². The molecule has 7 nitrogen and oxygen atoms in total. The highest BCUT2D eigenvalue weighted by molar-refractivity contribution is 7.89. The summed E-state index contributed by atoms with van der Waals surface area (Å²) in [6.07, 6.45) is 2.36. The summed E-state index contributed by atoms with van der Waals surface area (Å²) in [5.41, 5.74) is 5.51. The molecule has 1 heterocycles. The Balaban J connectivity index is 1.50. The van der Waals surface area contributed by atoms with E-state index in [1.165, 1.54) is 24.0 Å². The zero-order valence-corrected chi connectivity index (χ0v) is 18.7. The zero-order chi connectivity index (χ0) is 22.1. The second-order valence-electron chi connectivity index (χ2n) is 6.73. The predicted octanol–water partition coefficient (Wildman–Crippen LogP) is 3.19. The molecule has 0 atom stereocenters. The summed E-state index contributed by atoms with van der Waals surface area (Å²) in [4.78, 5) is 0.168. The second kappa shape index (κ2) is 10.9. The van der Waals surface area contributed by atoms with Crippen LogP contribution in [-0.2, 0) is 23.0 Å². The number of hydrazone groups is 1. The average Bonchev–Trinajstić information content (AvgIpc) is 3.31. The predicted molar refractivity (Wildman–Crippen MR) is 125 cm³/mol. The normalized spacial score (nSPS) is 11.8. The van der Waals surface area contributed by atoms with Crippen LogP contribution in [0.2, 0.25) is 0 Å². The van der Waals surface area contributed by atoms with Crippen LogP contribution < -0.4 is 15.5 Å². The minimum atomic E-state index is -3.63. The van der Waals surface area contributed by atoms with Crippen molar-refractivity contribution >= 4 is 33.1 Å². The first-order valence-corrected chi connectivity index (χ1v) is 11.6. The molecule has 31 heavy (non-hydrogen) atoms. The molecule has 0 saturated heterocycles. The summed E-state index contributed by atoms with van der Waals surface area (Å²) in [5.74, 6) is 0.544. The van der Waals surface area contributed by atoms with Crippen LogP contribution in [-0.4, -0.2) is 25.8 Å². The number of nitrogens with zero attached hydrogens (tertiary/aromatic N) is 1. The van der Waals surface area contributed by atoms with Crippen molar-refractivity contribution in [1.29, 1.82) is 0 Å². The van der Waals surface area contributed by atoms with Crippen molar-refractivity contribution in [3.63, 3.8) is 0 Å². The van der Waals surface area contributed by atoms with Gasteiger partial charge in [-0.25, -0.2) is 13.1 Å². The zero-order valence-electron chi connectivity index (χ0n) is 17.0. The lowest BCUT2D eigenvalue weighted by molar-refractivity contribution is 0.498. The molecule has 0 unspecified atom stereocenters. The number of furan rings is 1. The average molecular weight is 457 g/mol. The highest BCUT2D eigenvalue weighted by atomic mass is 32.2. The maximum absolute atomic E-state index is 12.4. The van der Waals surface area contributed by atoms with Crippen LogP contribution in [0.15, 0.2) is 87.4 Å². The number of thiocarbonyl (C=S) groups is 1. The molecule has 0 aliphatic rings. The van der Waals surface area contributed by atoms with Gasteiger partial charge in [-0.3, -0.25) is 5.43 Å². The van der Waals surface area contributed by atoms with Gasteiger partial charge in [-0.1, -0.05) is 42.5 Å². The smallest absolute Gasteiger partial charge is 0.240 e. The molecule has 162 valence electrons. The van der Waals surface area contributed by atoms with Gasteiger partial charge in [0.2, 0.25) is 10.0 Å². The van der Waals surface area contributed by atoms with E-state index >= 15 is 0 Å². The molecule has 0 fully saturated rings. The monoisotopic (exact) mass is 456 g/mol. The van der Waals surface area contributed by atoms with Crippen molar-refractivity contribution in [3.8, 4) is 0 Å². The number of hydrogen-bond acceptors (Lipinski definition) is 5. The number of sulfonamides is 1. The van der Waals surface area contributed by atoms with Crippen LogP contribution in [0.1, 0.15) is 23.8 Å². The Labute approximate surface area is 187 Å². The Morgan fingerprint density at radius 2 is 1.77 bits per heavy atom. The summed E-state index contributed by atoms with van der Waals surface area (Å²) in [7, 11) is -3.63. The maximum atomic E-state index is 12.4. The third-order valence-electron chi connectivity index (χ3n) is 4.47. The van der Waals surface area contributed by atoms with Gasteiger partial charge in [0.25, 0.3) is 0 Å². The standard InChI is InChI=1S/C22H24N4O3S2/c1-17(25-26-22(30)23-14-13-18-6-3-2-4-7-18)19-9-11-21(12-10-19)31(27,28)24-16-20-8-5-15-29-20/h2-12,15,24H,13-14,16H2,1H3,(H2,23,26,30). The van der Waals surface area contributed by atoms with Crippen molar-refractivity contribution in [3.05, 3.63) is 89.9 Å². The minimum Gasteiger partial charge on any atom is -0.468 e. The molecule has 0 amide bonds. The highest BCUT2D eigenvalue weighted by Crippen LogP contribution is 2.12. The lowest BCUT2D eigenvalue weighted by atomic mass is 10.1. The summed E-state index contributed by atoms with van der Waals surface area (Å²) in [6, 6.07) is 20.0. The molecular weight excluding hydrogens is 432 g/mol. The van der Waals surface area contributed by atoms with E-state index in [1.54, 1.807) is 24.3 Å². The van der Waals surface area contributed by atoms with Crippen LogP contribution in [0.5, 0.6) is 0 Å². The lowest BCUT2D eigenvalue weighted by Gasteiger charge is -2.09. The first-order valence-electron chi connectivity index (χ1n) is 9.68. The van der Waals surface area contributed by atoms with Crippen LogP contribution >= 0.6 is 12.2 Å². The van der Waals surface area contributed by atoms with Gasteiger partial charge in [0.15, 0.2) is 5.11 Å². The Bertz CT molecular complexity index is 1110. The van der Waals surface area contributed by atoms with Crippen molar-refractivity contribution in [1.82, 2.24) is 15.5 Å². The molecule has 2 aromatic carbocycles. The van der Waals surface area contributed by atoms with Gasteiger partial charge in [-0.05, 0) is 61.0 Å². The quantitative estimate of drug-likeness (QED) is 0.260. The van der Waals surface area contributed by atoms with E-state index in [-0.39, 0.29) is 11.4 Å². The molecule has 3 rings (SSSR count). The fourth-order valence-electron chi connectivity index (χ4n) is 2.74. The fourth-order valence-corrected chi connectivity index (χ4v) is 3.88. The van der Waals surface area contributed by atoms with Crippen molar-refractivity contribution < 1.29 is 12.8 Å². The van der Waals surface area contributed by atoms with Gasteiger partial charge < -0.3 is 9.73 Å². The van der Waals surface area contributed by atoms with Gasteiger partial charge in [-0.15, -0.1) is 0 Å². The van der Waals surface area contributed by atoms with Gasteiger partial charge in [0.05, 0.1) is 23.4 Å². The Morgan fingerprint density at radius 1 is 1.03 bits per heavy atom. The van der Waals surface area contributed by atoms with E-state index < -0.39 is 10.0 Å². The molecule has 3 aromatic rings.